The minimum Gasteiger partial charge on any atom is -0.757 e. The maximum atomic E-state index is 15.2. The predicted molar refractivity (Wildman–Crippen MR) is 569 cm³/mol. The summed E-state index contributed by atoms with van der Waals surface area (Å²) in [6.07, 6.45) is 7.65. The normalized spacial score (nSPS) is 13.6. The summed E-state index contributed by atoms with van der Waals surface area (Å²) >= 11 is 18.4. The van der Waals surface area contributed by atoms with E-state index in [0.29, 0.717) is 76.3 Å². The number of alkyl carbamates (subject to hydrolysis) is 1. The molecule has 4 aromatic heterocycles. The zero-order valence-electron chi connectivity index (χ0n) is 82.6. The van der Waals surface area contributed by atoms with E-state index in [1.54, 1.807) is 107 Å². The van der Waals surface area contributed by atoms with E-state index < -0.39 is 78.5 Å². The molecule has 0 radical (unpaired) electrons. The van der Waals surface area contributed by atoms with E-state index in [0.717, 1.165) is 111 Å². The molecule has 36 nitrogen and oxygen atoms in total. The van der Waals surface area contributed by atoms with E-state index in [4.69, 9.17) is 41.4 Å². The summed E-state index contributed by atoms with van der Waals surface area (Å²) in [7, 11) is -1.00. The molecule has 7 heterocycles. The van der Waals surface area contributed by atoms with Crippen LogP contribution in [-0.2, 0) is 79.2 Å². The van der Waals surface area contributed by atoms with E-state index in [1.807, 2.05) is 123 Å². The van der Waals surface area contributed by atoms with Gasteiger partial charge in [0, 0.05) is 105 Å². The van der Waals surface area contributed by atoms with Crippen molar-refractivity contribution < 1.29 is 120 Å². The van der Waals surface area contributed by atoms with Crippen LogP contribution in [0.5, 0.6) is 0 Å². The number of aromatic nitrogens is 12. The monoisotopic (exact) mass is 2240 g/mol. The van der Waals surface area contributed by atoms with Crippen molar-refractivity contribution in [3.05, 3.63) is 186 Å². The summed E-state index contributed by atoms with van der Waals surface area (Å²) < 4.78 is 91.8. The summed E-state index contributed by atoms with van der Waals surface area (Å²) in [6.45, 7) is 25.2. The van der Waals surface area contributed by atoms with Crippen LogP contribution in [0.25, 0.3) is 33.4 Å². The van der Waals surface area contributed by atoms with Crippen LogP contribution in [0.4, 0.5) is 58.6 Å². The van der Waals surface area contributed by atoms with Crippen LogP contribution < -0.4 is 70.8 Å². The zero-order chi connectivity index (χ0) is 103. The number of rotatable bonds is 36. The summed E-state index contributed by atoms with van der Waals surface area (Å²) in [5, 5.41) is 58.2. The van der Waals surface area contributed by atoms with E-state index in [1.165, 1.54) is 59.9 Å². The number of ether oxygens (including phenoxy) is 6. The van der Waals surface area contributed by atoms with E-state index in [9.17, 15) is 56.3 Å². The Morgan fingerprint density at radius 2 is 0.863 bits per heavy atom. The number of hydrogen-bond acceptors (Lipinski definition) is 28. The number of nitrogens with zero attached hydrogens (tertiary/aromatic N) is 12. The largest absolute Gasteiger partial charge is 1.00 e. The van der Waals surface area contributed by atoms with Crippen molar-refractivity contribution in [1.29, 1.82) is 0 Å². The number of esters is 1. The molecule has 0 bridgehead atoms. The second-order valence-electron chi connectivity index (χ2n) is 34.0. The van der Waals surface area contributed by atoms with Crippen LogP contribution in [0.3, 0.4) is 0 Å². The molecule has 6 aromatic carbocycles. The standard InChI is InChI=1S/C29H35FN6O5S.C24H27FN6O3S.C19H18ClFN2O3.C10H18N4O2S.C9H17BrO2.C2H3N3S.CH3F.3CH4.2ClH.Na/c1-19(37)31-15-23-18-36(28(39)40-23)22-10-11-24(25(30)14-22)21-8-6-20(7-9-21)17-35(27(38)41-29(2,3)4)12-5-13-42-26-16-32-34-33-26;1-16(32)27-13-20-15-31(24(33)34-20)19-7-8-21(22(25)11-19)18-5-3-17(4-6-18)12-26-9-2-10-35-23-14-28-30-29-23;1-12(24)22-10-16-11-23(19(25)26-16)15-6-7-17(18(21)8-15)14-4-2-13(9-20)3-5-14;1-10(2,3)16-9(15)11-5-4-6-17-8-7-12-14-13-8;1-9(2,3)12-8(11)6-4-5-7-10;6-2-1-3-5-4-2;1-2;;;;;;/h6-11,14,16,23H,5,12-13,15,17-18H2,1-4H3,(H,31,37)(H,32,33,34);3-8,11,14,20,26H,2,9-10,12-13,15H2,1H3,(H,27,32)(H,28,29,30);2-8,16H,9-11H2,1H3,(H,22,24);7H,4-6H2,1-3H3,(H,11,15)(H,12,13,14);4-7H2,1-3H3;1H,(H2,3,4,5,6);1H3;3*1H4;2*1H;/q;;;;;;;;;;;;+1/p-1/t23-;20-;16-;;;;;;;;;;/m000........../s1/i;;;;;;1D;;;;;;. The maximum absolute atomic E-state index is 15.2. The SMILES string of the molecule is C.C.C.CC(=O)NC[C@H]1CN(c2ccc(-c3ccc(CCl)cc3)c(F)c2)C(=O)O1.CC(=O)NC[C@H]1CN(c2ccc(-c3ccc(CN(CCCSc4cn[nH]n4)C(=O)OC(C)(C)C)cc3)c(F)c2)C(=O)O1.CC(=O)NC[C@H]1CN(c2ccc(-c3ccc(CNCCCSc4cn[nH]n4)cc3)c(F)c2)C(=O)O1.CC(C)(C)OC(=O)CCCCBr.CC(C)(C)OC(=O)NCCCSc1cn[nH]n1.Cl.Cl.[2H]CF.[Na+].[S-]c1cn[nH]n1. The van der Waals surface area contributed by atoms with Crippen molar-refractivity contribution in [2.45, 2.75) is 218 Å². The van der Waals surface area contributed by atoms with Crippen molar-refractivity contribution in [2.75, 3.05) is 103 Å². The van der Waals surface area contributed by atoms with Crippen molar-refractivity contribution >= 4 is 171 Å². The molecule has 9 N–H and O–H groups in total. The molecular formula is C97H134BrCl3F4N21NaO15S4. The topological polar surface area (TPSA) is 448 Å². The summed E-state index contributed by atoms with van der Waals surface area (Å²) in [4.78, 5) is 111. The molecule has 3 atom stereocenters. The van der Waals surface area contributed by atoms with E-state index >= 15 is 4.39 Å². The number of benzene rings is 6. The van der Waals surface area contributed by atoms with Gasteiger partial charge in [-0.05, 0) is 194 Å². The average molecular weight is 2250 g/mol. The molecule has 0 spiro atoms. The van der Waals surface area contributed by atoms with Gasteiger partial charge in [-0.2, -0.15) is 46.3 Å². The Hall–Kier alpha value is -10.6. The number of H-pyrrole nitrogens is 4. The number of aromatic amines is 4. The first-order valence-corrected chi connectivity index (χ1v) is 49.4. The molecule has 798 valence electrons. The van der Waals surface area contributed by atoms with Gasteiger partial charge in [-0.3, -0.25) is 38.3 Å². The number of amides is 8. The molecule has 3 aliphatic rings. The predicted octanol–water partition coefficient (Wildman–Crippen LogP) is 16.8. The molecular weight excluding hydrogens is 2110 g/mol. The molecule has 13 rings (SSSR count). The molecule has 0 unspecified atom stereocenters. The molecule has 0 saturated carbocycles. The van der Waals surface area contributed by atoms with Gasteiger partial charge in [0.25, 0.3) is 0 Å². The van der Waals surface area contributed by atoms with Gasteiger partial charge in [-0.25, -0.2) is 37.1 Å². The maximum Gasteiger partial charge on any atom is 1.00 e. The first-order valence-electron chi connectivity index (χ1n) is 45.1. The Bertz CT molecular complexity index is 5530. The van der Waals surface area contributed by atoms with Crippen molar-refractivity contribution in [2.24, 2.45) is 0 Å². The second-order valence-corrected chi connectivity index (χ2v) is 38.8. The molecule has 49 heteroatoms. The Morgan fingerprint density at radius 3 is 1.18 bits per heavy atom. The number of anilines is 3. The van der Waals surface area contributed by atoms with Gasteiger partial charge in [-0.1, -0.05) is 111 Å². The number of cyclic esters (lactones) is 3. The smallest absolute Gasteiger partial charge is 0.757 e. The minimum atomic E-state index is -1.00. The van der Waals surface area contributed by atoms with E-state index in [-0.39, 0.29) is 151 Å². The van der Waals surface area contributed by atoms with Crippen LogP contribution >= 0.6 is 87.6 Å². The van der Waals surface area contributed by atoms with Gasteiger partial charge in [0.15, 0.2) is 0 Å². The van der Waals surface area contributed by atoms with Crippen molar-refractivity contribution in [3.8, 4) is 33.4 Å². The summed E-state index contributed by atoms with van der Waals surface area (Å²) in [5.74, 6) is 0.939. The van der Waals surface area contributed by atoms with Gasteiger partial charge in [-0.15, -0.1) is 87.0 Å². The van der Waals surface area contributed by atoms with Gasteiger partial charge in [0.2, 0.25) is 17.7 Å². The second kappa shape index (κ2) is 69.6. The first-order chi connectivity index (χ1) is 67.2. The Balaban J connectivity index is 0.000000932. The number of nitrogens with one attached hydrogen (secondary N) is 9. The Labute approximate surface area is 918 Å². The number of carbonyl (C=O) groups is 9. The molecule has 146 heavy (non-hydrogen) atoms. The zero-order valence-corrected chi connectivity index (χ0v) is 90.9. The molecule has 3 saturated heterocycles. The van der Waals surface area contributed by atoms with Crippen LogP contribution in [0.15, 0.2) is 172 Å². The molecule has 10 aromatic rings. The van der Waals surface area contributed by atoms with Crippen LogP contribution in [0.2, 0.25) is 0 Å². The van der Waals surface area contributed by atoms with Crippen molar-refractivity contribution in [3.63, 3.8) is 0 Å². The summed E-state index contributed by atoms with van der Waals surface area (Å²) in [5.41, 5.74) is 6.16. The fourth-order valence-electron chi connectivity index (χ4n) is 12.7. The Kier molecular flexibility index (Phi) is 62.7. The molecule has 8 amide bonds. The Morgan fingerprint density at radius 1 is 0.507 bits per heavy atom. The number of thioether (sulfide) groups is 3. The third kappa shape index (κ3) is 50.4. The van der Waals surface area contributed by atoms with Gasteiger partial charge < -0.3 is 72.5 Å². The van der Waals surface area contributed by atoms with Crippen LogP contribution in [-0.4, -0.2) is 244 Å². The van der Waals surface area contributed by atoms with Crippen LogP contribution in [0.1, 0.15) is 162 Å². The van der Waals surface area contributed by atoms with Gasteiger partial charge in [0.1, 0.15) is 67.6 Å². The molecule has 0 aliphatic carbocycles. The third-order valence-electron chi connectivity index (χ3n) is 19.0. The first kappa shape index (κ1) is 131. The van der Waals surface area contributed by atoms with E-state index in [2.05, 4.69) is 117 Å². The quantitative estimate of drug-likeness (QED) is 0.00257. The third-order valence-corrected chi connectivity index (χ3v) is 23.0. The fourth-order valence-corrected chi connectivity index (χ4v) is 15.5. The van der Waals surface area contributed by atoms with Gasteiger partial charge in [0.05, 0.1) is 83.4 Å². The van der Waals surface area contributed by atoms with Crippen LogP contribution in [0, 0.1) is 17.5 Å². The molecule has 3 aliphatic heterocycles. The average Bonchev–Trinajstić information content (AvgIpc) is 1.75. The number of carbonyl (C=O) groups excluding carboxylic acids is 9. The fraction of sp³-hybridized carbons (Fsp3) is 0.454. The minimum absolute atomic E-state index is 0. The van der Waals surface area contributed by atoms with Gasteiger partial charge >= 0.3 is 66.0 Å². The number of hydrogen-bond donors (Lipinski definition) is 9. The summed E-state index contributed by atoms with van der Waals surface area (Å²) in [6, 6.07) is 36.3. The molecule has 3 fully saturated rings. The number of halogens is 8. The number of unbranched alkanes of at least 4 members (excludes halogenated alkanes) is 1. The van der Waals surface area contributed by atoms with Crippen molar-refractivity contribution in [1.82, 2.24) is 93.1 Å². The number of alkyl halides is 3.